The largest absolute Gasteiger partial charge is 0.309 e. The van der Waals surface area contributed by atoms with E-state index in [9.17, 15) is 0 Å². The summed E-state index contributed by atoms with van der Waals surface area (Å²) in [6, 6.07) is 4.88. The van der Waals surface area contributed by atoms with Gasteiger partial charge in [-0.1, -0.05) is 6.08 Å². The van der Waals surface area contributed by atoms with Gasteiger partial charge in [0.2, 0.25) is 0 Å². The van der Waals surface area contributed by atoms with Crippen molar-refractivity contribution < 1.29 is 0 Å². The molecule has 0 amide bonds. The first-order chi connectivity index (χ1) is 6.22. The normalized spacial score (nSPS) is 12.8. The first kappa shape index (κ1) is 10.5. The summed E-state index contributed by atoms with van der Waals surface area (Å²) in [7, 11) is 0. The van der Waals surface area contributed by atoms with Crippen molar-refractivity contribution in [3.63, 3.8) is 0 Å². The predicted molar refractivity (Wildman–Crippen MR) is 60.2 cm³/mol. The molecule has 0 bridgehead atoms. The highest BCUT2D eigenvalue weighted by atomic mass is 32.1. The maximum Gasteiger partial charge on any atom is 0.0302 e. The van der Waals surface area contributed by atoms with Crippen molar-refractivity contribution in [3.05, 3.63) is 34.5 Å². The summed E-state index contributed by atoms with van der Waals surface area (Å²) in [5, 5.41) is 3.45. The standard InChI is InChI=1S/C11H17NS/c1-4-5-9(2)12-8-11-7-6-10(3)13-11/h4,6-7,9,12H,1,5,8H2,2-3H3. The van der Waals surface area contributed by atoms with Gasteiger partial charge in [0.25, 0.3) is 0 Å². The van der Waals surface area contributed by atoms with Crippen LogP contribution in [-0.4, -0.2) is 6.04 Å². The lowest BCUT2D eigenvalue weighted by Crippen LogP contribution is -2.24. The van der Waals surface area contributed by atoms with E-state index in [-0.39, 0.29) is 0 Å². The number of hydrogen-bond donors (Lipinski definition) is 1. The molecule has 72 valence electrons. The van der Waals surface area contributed by atoms with E-state index in [1.165, 1.54) is 9.75 Å². The van der Waals surface area contributed by atoms with Gasteiger partial charge in [-0.25, -0.2) is 0 Å². The Labute approximate surface area is 84.5 Å². The van der Waals surface area contributed by atoms with Gasteiger partial charge in [-0.3, -0.25) is 0 Å². The molecule has 1 N–H and O–H groups in total. The third kappa shape index (κ3) is 3.75. The Morgan fingerprint density at radius 1 is 1.62 bits per heavy atom. The van der Waals surface area contributed by atoms with Crippen LogP contribution in [0.15, 0.2) is 24.8 Å². The van der Waals surface area contributed by atoms with Crippen molar-refractivity contribution in [2.45, 2.75) is 32.9 Å². The Kier molecular flexibility index (Phi) is 4.19. The highest BCUT2D eigenvalue weighted by molar-refractivity contribution is 7.11. The molecule has 0 aliphatic carbocycles. The van der Waals surface area contributed by atoms with Crippen LogP contribution in [0.1, 0.15) is 23.1 Å². The van der Waals surface area contributed by atoms with Gasteiger partial charge >= 0.3 is 0 Å². The second-order valence-corrected chi connectivity index (χ2v) is 4.69. The fourth-order valence-electron chi connectivity index (χ4n) is 1.19. The minimum Gasteiger partial charge on any atom is -0.309 e. The third-order valence-electron chi connectivity index (χ3n) is 1.94. The number of rotatable bonds is 5. The molecule has 0 saturated heterocycles. The van der Waals surface area contributed by atoms with Gasteiger partial charge in [0.05, 0.1) is 0 Å². The van der Waals surface area contributed by atoms with Crippen LogP contribution in [0.3, 0.4) is 0 Å². The van der Waals surface area contributed by atoms with Gasteiger partial charge < -0.3 is 5.32 Å². The first-order valence-corrected chi connectivity index (χ1v) is 5.43. The molecule has 0 aliphatic heterocycles. The van der Waals surface area contributed by atoms with Crippen molar-refractivity contribution in [3.8, 4) is 0 Å². The summed E-state index contributed by atoms with van der Waals surface area (Å²) in [6.07, 6.45) is 2.99. The van der Waals surface area contributed by atoms with E-state index >= 15 is 0 Å². The third-order valence-corrected chi connectivity index (χ3v) is 2.94. The Hall–Kier alpha value is -0.600. The Balaban J connectivity index is 2.30. The molecule has 2 heteroatoms. The summed E-state index contributed by atoms with van der Waals surface area (Å²) in [4.78, 5) is 2.79. The Morgan fingerprint density at radius 3 is 2.92 bits per heavy atom. The predicted octanol–water partition coefficient (Wildman–Crippen LogP) is 3.11. The van der Waals surface area contributed by atoms with Crippen molar-refractivity contribution >= 4 is 11.3 Å². The van der Waals surface area contributed by atoms with E-state index in [2.05, 4.69) is 37.9 Å². The maximum atomic E-state index is 3.72. The van der Waals surface area contributed by atoms with Crippen molar-refractivity contribution in [2.75, 3.05) is 0 Å². The lowest BCUT2D eigenvalue weighted by atomic mass is 10.2. The zero-order valence-electron chi connectivity index (χ0n) is 8.34. The molecule has 1 aromatic rings. The Bertz CT molecular complexity index is 265. The van der Waals surface area contributed by atoms with Gasteiger partial charge in [0.1, 0.15) is 0 Å². The molecule has 0 aromatic carbocycles. The number of thiophene rings is 1. The quantitative estimate of drug-likeness (QED) is 0.712. The van der Waals surface area contributed by atoms with E-state index in [0.717, 1.165) is 13.0 Å². The average molecular weight is 195 g/mol. The lowest BCUT2D eigenvalue weighted by Gasteiger charge is -2.09. The zero-order valence-corrected chi connectivity index (χ0v) is 9.16. The number of aryl methyl sites for hydroxylation is 1. The van der Waals surface area contributed by atoms with Crippen molar-refractivity contribution in [1.82, 2.24) is 5.32 Å². The second-order valence-electron chi connectivity index (χ2n) is 3.32. The van der Waals surface area contributed by atoms with E-state index in [1.54, 1.807) is 0 Å². The van der Waals surface area contributed by atoms with Crippen molar-refractivity contribution in [2.24, 2.45) is 0 Å². The molecule has 1 atom stereocenters. The summed E-state index contributed by atoms with van der Waals surface area (Å²) in [5.74, 6) is 0. The summed E-state index contributed by atoms with van der Waals surface area (Å²) >= 11 is 1.86. The Morgan fingerprint density at radius 2 is 2.38 bits per heavy atom. The van der Waals surface area contributed by atoms with Crippen LogP contribution in [-0.2, 0) is 6.54 Å². The molecule has 0 aliphatic rings. The van der Waals surface area contributed by atoms with E-state index in [4.69, 9.17) is 0 Å². The maximum absolute atomic E-state index is 3.72. The summed E-state index contributed by atoms with van der Waals surface area (Å²) in [5.41, 5.74) is 0. The average Bonchev–Trinajstić information content (AvgIpc) is 2.49. The van der Waals surface area contributed by atoms with Gasteiger partial charge in [0, 0.05) is 22.3 Å². The molecule has 0 radical (unpaired) electrons. The molecule has 0 spiro atoms. The molecule has 13 heavy (non-hydrogen) atoms. The fourth-order valence-corrected chi connectivity index (χ4v) is 2.03. The molecule has 1 aromatic heterocycles. The molecule has 1 heterocycles. The molecule has 1 unspecified atom stereocenters. The van der Waals surface area contributed by atoms with Gasteiger partial charge in [-0.05, 0) is 32.4 Å². The molecular formula is C11H17NS. The molecular weight excluding hydrogens is 178 g/mol. The fraction of sp³-hybridized carbons (Fsp3) is 0.455. The molecule has 0 fully saturated rings. The first-order valence-electron chi connectivity index (χ1n) is 4.62. The van der Waals surface area contributed by atoms with Crippen LogP contribution in [0.25, 0.3) is 0 Å². The van der Waals surface area contributed by atoms with Crippen LogP contribution in [0.2, 0.25) is 0 Å². The minimum absolute atomic E-state index is 0.528. The van der Waals surface area contributed by atoms with E-state index < -0.39 is 0 Å². The summed E-state index contributed by atoms with van der Waals surface area (Å²) < 4.78 is 0. The van der Waals surface area contributed by atoms with Gasteiger partial charge in [0.15, 0.2) is 0 Å². The van der Waals surface area contributed by atoms with E-state index in [1.807, 2.05) is 17.4 Å². The van der Waals surface area contributed by atoms with Gasteiger partial charge in [-0.15, -0.1) is 17.9 Å². The monoisotopic (exact) mass is 195 g/mol. The second kappa shape index (κ2) is 5.20. The van der Waals surface area contributed by atoms with Crippen LogP contribution >= 0.6 is 11.3 Å². The molecule has 0 saturated carbocycles. The summed E-state index contributed by atoms with van der Waals surface area (Å²) in [6.45, 7) is 9.02. The van der Waals surface area contributed by atoms with Crippen LogP contribution in [0, 0.1) is 6.92 Å². The number of nitrogens with one attached hydrogen (secondary N) is 1. The van der Waals surface area contributed by atoms with Crippen LogP contribution < -0.4 is 5.32 Å². The molecule has 1 nitrogen and oxygen atoms in total. The SMILES string of the molecule is C=CCC(C)NCc1ccc(C)s1. The number of hydrogen-bond acceptors (Lipinski definition) is 2. The van der Waals surface area contributed by atoms with E-state index in [0.29, 0.717) is 6.04 Å². The van der Waals surface area contributed by atoms with Gasteiger partial charge in [-0.2, -0.15) is 0 Å². The minimum atomic E-state index is 0.528. The lowest BCUT2D eigenvalue weighted by molar-refractivity contribution is 0.557. The topological polar surface area (TPSA) is 12.0 Å². The zero-order chi connectivity index (χ0) is 9.68. The van der Waals surface area contributed by atoms with Crippen molar-refractivity contribution in [1.29, 1.82) is 0 Å². The van der Waals surface area contributed by atoms with Crippen LogP contribution in [0.5, 0.6) is 0 Å². The highest BCUT2D eigenvalue weighted by Crippen LogP contribution is 2.14. The molecule has 1 rings (SSSR count). The van der Waals surface area contributed by atoms with Crippen LogP contribution in [0.4, 0.5) is 0 Å². The smallest absolute Gasteiger partial charge is 0.0302 e. The highest BCUT2D eigenvalue weighted by Gasteiger charge is 2.00.